The van der Waals surface area contributed by atoms with Gasteiger partial charge in [0.2, 0.25) is 5.91 Å². The second-order valence-electron chi connectivity index (χ2n) is 6.56. The van der Waals surface area contributed by atoms with Crippen LogP contribution in [0, 0.1) is 17.2 Å². The number of carboxylic acid groups (broad SMARTS) is 1. The van der Waals surface area contributed by atoms with E-state index in [9.17, 15) is 19.1 Å². The Bertz CT molecular complexity index is 623. The summed E-state index contributed by atoms with van der Waals surface area (Å²) in [5, 5.41) is 12.0. The Balaban J connectivity index is 1.66. The zero-order valence-corrected chi connectivity index (χ0v) is 12.8. The van der Waals surface area contributed by atoms with Crippen molar-refractivity contribution in [1.82, 2.24) is 0 Å². The third-order valence-electron chi connectivity index (χ3n) is 4.65. The third-order valence-corrected chi connectivity index (χ3v) is 4.65. The summed E-state index contributed by atoms with van der Waals surface area (Å²) < 4.78 is 19.0. The van der Waals surface area contributed by atoms with Crippen LogP contribution in [0.1, 0.15) is 38.5 Å². The zero-order chi connectivity index (χ0) is 16.4. The van der Waals surface area contributed by atoms with E-state index in [0.29, 0.717) is 36.8 Å². The molecule has 3 rings (SSSR count). The van der Waals surface area contributed by atoms with Crippen molar-refractivity contribution in [3.63, 3.8) is 0 Å². The lowest BCUT2D eigenvalue weighted by Crippen LogP contribution is -2.41. The molecule has 0 saturated heterocycles. The van der Waals surface area contributed by atoms with Crippen LogP contribution in [0.2, 0.25) is 0 Å². The van der Waals surface area contributed by atoms with Gasteiger partial charge in [-0.15, -0.1) is 0 Å². The Hall–Kier alpha value is -2.11. The van der Waals surface area contributed by atoms with Crippen LogP contribution < -0.4 is 10.1 Å². The molecule has 0 aromatic heterocycles. The van der Waals surface area contributed by atoms with E-state index in [1.165, 1.54) is 18.2 Å². The van der Waals surface area contributed by atoms with E-state index in [1.54, 1.807) is 0 Å². The van der Waals surface area contributed by atoms with E-state index in [2.05, 4.69) is 5.32 Å². The summed E-state index contributed by atoms with van der Waals surface area (Å²) >= 11 is 0. The fourth-order valence-electron chi connectivity index (χ4n) is 2.78. The van der Waals surface area contributed by atoms with Crippen LogP contribution in [0.25, 0.3) is 0 Å². The van der Waals surface area contributed by atoms with Crippen molar-refractivity contribution in [3.05, 3.63) is 24.0 Å². The molecule has 0 unspecified atom stereocenters. The number of rotatable bonds is 7. The molecule has 0 aliphatic heterocycles. The molecule has 1 amide bonds. The maximum atomic E-state index is 13.4. The molecular formula is C17H20FNO4. The monoisotopic (exact) mass is 321 g/mol. The van der Waals surface area contributed by atoms with Crippen molar-refractivity contribution >= 4 is 17.6 Å². The Kier molecular flexibility index (Phi) is 4.24. The fraction of sp³-hybridized carbons (Fsp3) is 0.529. The predicted octanol–water partition coefficient (Wildman–Crippen LogP) is 3.20. The van der Waals surface area contributed by atoms with Crippen molar-refractivity contribution < 1.29 is 23.8 Å². The van der Waals surface area contributed by atoms with Crippen molar-refractivity contribution in [2.24, 2.45) is 11.3 Å². The van der Waals surface area contributed by atoms with Gasteiger partial charge >= 0.3 is 5.97 Å². The zero-order valence-electron chi connectivity index (χ0n) is 12.8. The van der Waals surface area contributed by atoms with Gasteiger partial charge in [-0.1, -0.05) is 6.42 Å². The topological polar surface area (TPSA) is 75.6 Å². The lowest BCUT2D eigenvalue weighted by molar-refractivity contribution is -0.157. The first-order valence-electron chi connectivity index (χ1n) is 7.94. The number of ether oxygens (including phenoxy) is 1. The summed E-state index contributed by atoms with van der Waals surface area (Å²) in [6.45, 7) is 0.505. The molecule has 124 valence electrons. The Morgan fingerprint density at radius 3 is 2.65 bits per heavy atom. The molecule has 1 aromatic rings. The molecule has 6 heteroatoms. The molecule has 5 nitrogen and oxygen atoms in total. The molecule has 0 atom stereocenters. The highest BCUT2D eigenvalue weighted by Gasteiger charge is 2.45. The van der Waals surface area contributed by atoms with Crippen LogP contribution in [0.15, 0.2) is 18.2 Å². The van der Waals surface area contributed by atoms with Gasteiger partial charge in [0.1, 0.15) is 11.6 Å². The van der Waals surface area contributed by atoms with Gasteiger partial charge in [0.25, 0.3) is 0 Å². The van der Waals surface area contributed by atoms with E-state index < -0.39 is 17.2 Å². The number of benzene rings is 1. The summed E-state index contributed by atoms with van der Waals surface area (Å²) in [7, 11) is 0. The number of carbonyl (C=O) groups excluding carboxylic acids is 1. The molecule has 2 aliphatic carbocycles. The molecule has 1 aromatic carbocycles. The van der Waals surface area contributed by atoms with Crippen LogP contribution in [0.4, 0.5) is 10.1 Å². The largest absolute Gasteiger partial charge is 0.491 e. The average Bonchev–Trinajstić information content (AvgIpc) is 3.27. The minimum Gasteiger partial charge on any atom is -0.491 e. The van der Waals surface area contributed by atoms with Gasteiger partial charge in [0.15, 0.2) is 0 Å². The normalized spacial score (nSPS) is 18.8. The minimum absolute atomic E-state index is 0.0677. The Labute approximate surface area is 133 Å². The van der Waals surface area contributed by atoms with E-state index in [4.69, 9.17) is 4.74 Å². The maximum absolute atomic E-state index is 13.4. The first kappa shape index (κ1) is 15.8. The van der Waals surface area contributed by atoms with Crippen LogP contribution in [0.3, 0.4) is 0 Å². The third kappa shape index (κ3) is 3.63. The smallest absolute Gasteiger partial charge is 0.310 e. The summed E-state index contributed by atoms with van der Waals surface area (Å²) in [4.78, 5) is 23.5. The number of amides is 1. The number of hydrogen-bond donors (Lipinski definition) is 2. The Morgan fingerprint density at radius 1 is 1.35 bits per heavy atom. The highest BCUT2D eigenvalue weighted by atomic mass is 19.1. The van der Waals surface area contributed by atoms with Gasteiger partial charge in [0.05, 0.1) is 17.7 Å². The van der Waals surface area contributed by atoms with Gasteiger partial charge in [-0.2, -0.15) is 0 Å². The molecule has 0 heterocycles. The molecule has 0 bridgehead atoms. The number of hydrogen-bond acceptors (Lipinski definition) is 3. The second-order valence-corrected chi connectivity index (χ2v) is 6.56. The van der Waals surface area contributed by atoms with Crippen molar-refractivity contribution in [3.8, 4) is 5.75 Å². The predicted molar refractivity (Wildman–Crippen MR) is 81.8 cm³/mol. The number of nitrogens with one attached hydrogen (secondary N) is 1. The average molecular weight is 321 g/mol. The van der Waals surface area contributed by atoms with Crippen molar-refractivity contribution in [2.75, 3.05) is 11.9 Å². The van der Waals surface area contributed by atoms with Crippen LogP contribution in [0.5, 0.6) is 5.75 Å². The van der Waals surface area contributed by atoms with Crippen LogP contribution in [-0.2, 0) is 9.59 Å². The fourth-order valence-corrected chi connectivity index (χ4v) is 2.78. The standard InChI is InChI=1S/C17H20FNO4/c18-12-4-5-13(14(8-12)23-10-11-2-3-11)19-15(20)9-17(16(21)22)6-1-7-17/h4-5,8,11H,1-3,6-7,9-10H2,(H,19,20)(H,21,22). The highest BCUT2D eigenvalue weighted by molar-refractivity contribution is 5.95. The number of aliphatic carboxylic acids is 1. The summed E-state index contributed by atoms with van der Waals surface area (Å²) in [5.74, 6) is -0.941. The SMILES string of the molecule is O=C(CC1(C(=O)O)CCC1)Nc1ccc(F)cc1OCC1CC1. The first-order valence-corrected chi connectivity index (χ1v) is 7.94. The molecule has 2 aliphatic rings. The molecule has 0 spiro atoms. The number of anilines is 1. The number of carbonyl (C=O) groups is 2. The number of halogens is 1. The van der Waals surface area contributed by atoms with Crippen molar-refractivity contribution in [1.29, 1.82) is 0 Å². The van der Waals surface area contributed by atoms with E-state index in [1.807, 2.05) is 0 Å². The van der Waals surface area contributed by atoms with Crippen LogP contribution in [-0.4, -0.2) is 23.6 Å². The maximum Gasteiger partial charge on any atom is 0.310 e. The van der Waals surface area contributed by atoms with Gasteiger partial charge in [-0.3, -0.25) is 9.59 Å². The quantitative estimate of drug-likeness (QED) is 0.808. The van der Waals surface area contributed by atoms with Gasteiger partial charge in [0, 0.05) is 12.5 Å². The lowest BCUT2D eigenvalue weighted by atomic mass is 9.66. The van der Waals surface area contributed by atoms with Gasteiger partial charge < -0.3 is 15.2 Å². The number of carboxylic acids is 1. The molecule has 2 saturated carbocycles. The Morgan fingerprint density at radius 2 is 2.09 bits per heavy atom. The molecular weight excluding hydrogens is 301 g/mol. The highest BCUT2D eigenvalue weighted by Crippen LogP contribution is 2.44. The van der Waals surface area contributed by atoms with Gasteiger partial charge in [-0.05, 0) is 43.7 Å². The first-order chi connectivity index (χ1) is 11.0. The van der Waals surface area contributed by atoms with E-state index in [-0.39, 0.29) is 12.3 Å². The van der Waals surface area contributed by atoms with Crippen LogP contribution >= 0.6 is 0 Å². The second kappa shape index (κ2) is 6.18. The summed E-state index contributed by atoms with van der Waals surface area (Å²) in [5.41, 5.74) is -0.559. The summed E-state index contributed by atoms with van der Waals surface area (Å²) in [6, 6.07) is 3.94. The molecule has 23 heavy (non-hydrogen) atoms. The molecule has 2 N–H and O–H groups in total. The molecule has 2 fully saturated rings. The molecule has 0 radical (unpaired) electrons. The van der Waals surface area contributed by atoms with E-state index in [0.717, 1.165) is 19.3 Å². The summed E-state index contributed by atoms with van der Waals surface area (Å²) in [6.07, 6.45) is 4.01. The van der Waals surface area contributed by atoms with E-state index >= 15 is 0 Å². The van der Waals surface area contributed by atoms with Gasteiger partial charge in [-0.25, -0.2) is 4.39 Å². The lowest BCUT2D eigenvalue weighted by Gasteiger charge is -2.36. The van der Waals surface area contributed by atoms with Crippen molar-refractivity contribution in [2.45, 2.75) is 38.5 Å². The minimum atomic E-state index is -0.945.